The van der Waals surface area contributed by atoms with Crippen LogP contribution in [0.1, 0.15) is 38.7 Å². The summed E-state index contributed by atoms with van der Waals surface area (Å²) in [5.74, 6) is -0.185. The third-order valence-electron chi connectivity index (χ3n) is 3.69. The maximum Gasteiger partial charge on any atom is 0.573 e. The Morgan fingerprint density at radius 2 is 1.79 bits per heavy atom. The maximum absolute atomic E-state index is 12.4. The standard InChI is InChI=1S/C14H18F3NO/c1-12(2)7-8-13(18,9-12)10-5-3-4-6-11(10)19-14(15,16)17/h3-6H,7-9,18H2,1-2H3. The first-order valence-electron chi connectivity index (χ1n) is 6.26. The number of alkyl halides is 3. The van der Waals surface area contributed by atoms with E-state index in [4.69, 9.17) is 5.73 Å². The normalized spacial score (nSPS) is 26.4. The van der Waals surface area contributed by atoms with Gasteiger partial charge in [0.15, 0.2) is 0 Å². The Kier molecular flexibility index (Phi) is 3.29. The lowest BCUT2D eigenvalue weighted by atomic mass is 9.83. The molecule has 0 aromatic heterocycles. The van der Waals surface area contributed by atoms with Gasteiger partial charge in [0.05, 0.1) is 0 Å². The largest absolute Gasteiger partial charge is 0.573 e. The minimum absolute atomic E-state index is 0.0418. The van der Waals surface area contributed by atoms with Gasteiger partial charge in [-0.2, -0.15) is 0 Å². The second-order valence-corrected chi connectivity index (χ2v) is 6.04. The average Bonchev–Trinajstić information content (AvgIpc) is 2.52. The van der Waals surface area contributed by atoms with Gasteiger partial charge in [0, 0.05) is 11.1 Å². The molecule has 2 N–H and O–H groups in total. The lowest BCUT2D eigenvalue weighted by Crippen LogP contribution is -2.35. The quantitative estimate of drug-likeness (QED) is 0.885. The fourth-order valence-electron chi connectivity index (χ4n) is 2.91. The highest BCUT2D eigenvalue weighted by Gasteiger charge is 2.44. The van der Waals surface area contributed by atoms with Crippen molar-refractivity contribution >= 4 is 0 Å². The Hall–Kier alpha value is -1.23. The van der Waals surface area contributed by atoms with Crippen molar-refractivity contribution in [1.29, 1.82) is 0 Å². The monoisotopic (exact) mass is 273 g/mol. The van der Waals surface area contributed by atoms with Crippen molar-refractivity contribution in [3.8, 4) is 5.75 Å². The van der Waals surface area contributed by atoms with Crippen molar-refractivity contribution in [3.05, 3.63) is 29.8 Å². The van der Waals surface area contributed by atoms with Gasteiger partial charge < -0.3 is 10.5 Å². The molecule has 1 aromatic carbocycles. The van der Waals surface area contributed by atoms with Crippen LogP contribution in [0.15, 0.2) is 24.3 Å². The molecule has 1 atom stereocenters. The number of hydrogen-bond acceptors (Lipinski definition) is 2. The zero-order chi connectivity index (χ0) is 14.3. The number of rotatable bonds is 2. The summed E-state index contributed by atoms with van der Waals surface area (Å²) >= 11 is 0. The van der Waals surface area contributed by atoms with E-state index in [2.05, 4.69) is 18.6 Å². The molecule has 0 spiro atoms. The van der Waals surface area contributed by atoms with Gasteiger partial charge in [-0.15, -0.1) is 13.2 Å². The Morgan fingerprint density at radius 1 is 1.16 bits per heavy atom. The summed E-state index contributed by atoms with van der Waals surface area (Å²) in [5.41, 5.74) is 6.07. The first kappa shape index (κ1) is 14.2. The lowest BCUT2D eigenvalue weighted by molar-refractivity contribution is -0.275. The number of halogens is 3. The summed E-state index contributed by atoms with van der Waals surface area (Å²) in [7, 11) is 0. The number of para-hydroxylation sites is 1. The predicted octanol–water partition coefficient (Wildman–Crippen LogP) is 3.95. The molecule has 0 aliphatic heterocycles. The maximum atomic E-state index is 12.4. The summed E-state index contributed by atoms with van der Waals surface area (Å²) in [6.07, 6.45) is -2.49. The van der Waals surface area contributed by atoms with E-state index in [0.29, 0.717) is 18.4 Å². The molecule has 19 heavy (non-hydrogen) atoms. The predicted molar refractivity (Wildman–Crippen MR) is 66.6 cm³/mol. The number of hydrogen-bond donors (Lipinski definition) is 1. The van der Waals surface area contributed by atoms with E-state index in [1.165, 1.54) is 12.1 Å². The molecular weight excluding hydrogens is 255 g/mol. The number of nitrogens with two attached hydrogens (primary N) is 1. The van der Waals surface area contributed by atoms with Crippen LogP contribution in [0, 0.1) is 5.41 Å². The first-order valence-corrected chi connectivity index (χ1v) is 6.26. The van der Waals surface area contributed by atoms with Crippen molar-refractivity contribution in [1.82, 2.24) is 0 Å². The molecule has 5 heteroatoms. The van der Waals surface area contributed by atoms with Crippen LogP contribution in [-0.2, 0) is 5.54 Å². The second kappa shape index (κ2) is 4.40. The highest BCUT2D eigenvalue weighted by Crippen LogP contribution is 2.49. The molecule has 1 unspecified atom stereocenters. The Morgan fingerprint density at radius 3 is 2.32 bits per heavy atom. The number of benzene rings is 1. The molecule has 1 fully saturated rings. The van der Waals surface area contributed by atoms with E-state index in [-0.39, 0.29) is 11.2 Å². The van der Waals surface area contributed by atoms with Gasteiger partial charge >= 0.3 is 6.36 Å². The zero-order valence-electron chi connectivity index (χ0n) is 11.1. The molecule has 1 saturated carbocycles. The van der Waals surface area contributed by atoms with Gasteiger partial charge in [-0.1, -0.05) is 32.0 Å². The van der Waals surface area contributed by atoms with Gasteiger partial charge in [0.2, 0.25) is 0 Å². The molecule has 0 saturated heterocycles. The van der Waals surface area contributed by atoms with Crippen LogP contribution in [0.5, 0.6) is 5.75 Å². The SMILES string of the molecule is CC1(C)CCC(N)(c2ccccc2OC(F)(F)F)C1. The van der Waals surface area contributed by atoms with Crippen molar-refractivity contribution in [2.75, 3.05) is 0 Å². The molecule has 0 bridgehead atoms. The first-order chi connectivity index (χ1) is 8.61. The Bertz CT molecular complexity index is 470. The fourth-order valence-corrected chi connectivity index (χ4v) is 2.91. The summed E-state index contributed by atoms with van der Waals surface area (Å²) in [5, 5.41) is 0. The van der Waals surface area contributed by atoms with Crippen molar-refractivity contribution in [2.24, 2.45) is 11.1 Å². The van der Waals surface area contributed by atoms with Crippen molar-refractivity contribution in [2.45, 2.75) is 45.0 Å². The van der Waals surface area contributed by atoms with E-state index < -0.39 is 11.9 Å². The van der Waals surface area contributed by atoms with E-state index >= 15 is 0 Å². The van der Waals surface area contributed by atoms with Crippen LogP contribution >= 0.6 is 0 Å². The molecule has 1 aliphatic carbocycles. The Balaban J connectivity index is 2.35. The van der Waals surface area contributed by atoms with Crippen LogP contribution in [0.4, 0.5) is 13.2 Å². The Labute approximate surface area is 110 Å². The molecule has 2 nitrogen and oxygen atoms in total. The van der Waals surface area contributed by atoms with E-state index in [1.54, 1.807) is 12.1 Å². The molecular formula is C14H18F3NO. The summed E-state index contributed by atoms with van der Waals surface area (Å²) in [6.45, 7) is 4.16. The van der Waals surface area contributed by atoms with Gasteiger partial charge in [-0.25, -0.2) is 0 Å². The fraction of sp³-hybridized carbons (Fsp3) is 0.571. The van der Waals surface area contributed by atoms with Gasteiger partial charge in [-0.05, 0) is 30.7 Å². The van der Waals surface area contributed by atoms with E-state index in [0.717, 1.165) is 6.42 Å². The average molecular weight is 273 g/mol. The third kappa shape index (κ3) is 3.21. The molecule has 106 valence electrons. The highest BCUT2D eigenvalue weighted by atomic mass is 19.4. The molecule has 0 amide bonds. The molecule has 1 aromatic rings. The van der Waals surface area contributed by atoms with Gasteiger partial charge in [0.1, 0.15) is 5.75 Å². The summed E-state index contributed by atoms with van der Waals surface area (Å²) in [4.78, 5) is 0. The minimum Gasteiger partial charge on any atom is -0.405 e. The van der Waals surface area contributed by atoms with Crippen molar-refractivity contribution in [3.63, 3.8) is 0 Å². The van der Waals surface area contributed by atoms with Crippen molar-refractivity contribution < 1.29 is 17.9 Å². The molecule has 0 radical (unpaired) electrons. The smallest absolute Gasteiger partial charge is 0.405 e. The van der Waals surface area contributed by atoms with Gasteiger partial charge in [-0.3, -0.25) is 0 Å². The zero-order valence-corrected chi connectivity index (χ0v) is 11.1. The molecule has 2 rings (SSSR count). The summed E-state index contributed by atoms with van der Waals surface area (Å²) in [6, 6.07) is 6.16. The van der Waals surface area contributed by atoms with E-state index in [9.17, 15) is 13.2 Å². The lowest BCUT2D eigenvalue weighted by Gasteiger charge is -2.29. The molecule has 1 aliphatic rings. The topological polar surface area (TPSA) is 35.2 Å². The second-order valence-electron chi connectivity index (χ2n) is 6.04. The third-order valence-corrected chi connectivity index (χ3v) is 3.69. The summed E-state index contributed by atoms with van der Waals surface area (Å²) < 4.78 is 41.4. The van der Waals surface area contributed by atoms with Crippen LogP contribution in [0.3, 0.4) is 0 Å². The molecule has 0 heterocycles. The minimum atomic E-state index is -4.69. The van der Waals surface area contributed by atoms with Crippen LogP contribution in [0.2, 0.25) is 0 Å². The van der Waals surface area contributed by atoms with E-state index in [1.807, 2.05) is 0 Å². The van der Waals surface area contributed by atoms with Gasteiger partial charge in [0.25, 0.3) is 0 Å². The van der Waals surface area contributed by atoms with Crippen LogP contribution in [-0.4, -0.2) is 6.36 Å². The van der Waals surface area contributed by atoms with Crippen LogP contribution in [0.25, 0.3) is 0 Å². The number of ether oxygens (including phenoxy) is 1. The van der Waals surface area contributed by atoms with Crippen LogP contribution < -0.4 is 10.5 Å². The highest BCUT2D eigenvalue weighted by molar-refractivity contribution is 5.40.